The molecule has 19 heavy (non-hydrogen) atoms. The zero-order chi connectivity index (χ0) is 13.8. The summed E-state index contributed by atoms with van der Waals surface area (Å²) in [6, 6.07) is 5.01. The standard InChI is InChI=1S/C13H18N2O3S/c1-10(16)11-3-4-12(13(9-11)15(17)18)14-5-2-7-19-8-6-14/h3-4,9-10,16H,2,5-8H2,1H3. The Labute approximate surface area is 116 Å². The Morgan fingerprint density at radius 2 is 2.21 bits per heavy atom. The van der Waals surface area contributed by atoms with Crippen LogP contribution in [0.25, 0.3) is 0 Å². The van der Waals surface area contributed by atoms with E-state index < -0.39 is 6.10 Å². The predicted octanol–water partition coefficient (Wildman–Crippen LogP) is 2.59. The lowest BCUT2D eigenvalue weighted by Gasteiger charge is -2.22. The van der Waals surface area contributed by atoms with Gasteiger partial charge in [0.05, 0.1) is 11.0 Å². The van der Waals surface area contributed by atoms with Crippen molar-refractivity contribution in [1.82, 2.24) is 0 Å². The zero-order valence-electron chi connectivity index (χ0n) is 10.9. The number of aliphatic hydroxyl groups is 1. The lowest BCUT2D eigenvalue weighted by atomic mass is 10.1. The highest BCUT2D eigenvalue weighted by Gasteiger charge is 2.21. The number of benzene rings is 1. The normalized spacial score (nSPS) is 17.9. The van der Waals surface area contributed by atoms with E-state index in [0.29, 0.717) is 11.3 Å². The number of aliphatic hydroxyl groups excluding tert-OH is 1. The Morgan fingerprint density at radius 1 is 1.42 bits per heavy atom. The molecule has 1 fully saturated rings. The fourth-order valence-electron chi connectivity index (χ4n) is 2.20. The zero-order valence-corrected chi connectivity index (χ0v) is 11.7. The first-order chi connectivity index (χ1) is 9.09. The summed E-state index contributed by atoms with van der Waals surface area (Å²) in [5, 5.41) is 20.8. The van der Waals surface area contributed by atoms with E-state index in [0.717, 1.165) is 31.0 Å². The van der Waals surface area contributed by atoms with Crippen molar-refractivity contribution >= 4 is 23.1 Å². The van der Waals surface area contributed by atoms with E-state index in [2.05, 4.69) is 4.90 Å². The van der Waals surface area contributed by atoms with E-state index >= 15 is 0 Å². The number of anilines is 1. The van der Waals surface area contributed by atoms with E-state index in [-0.39, 0.29) is 10.6 Å². The van der Waals surface area contributed by atoms with Gasteiger partial charge in [0.1, 0.15) is 5.69 Å². The molecule has 1 N–H and O–H groups in total. The SMILES string of the molecule is CC(O)c1ccc(N2CCCSCC2)c([N+](=O)[O-])c1. The maximum atomic E-state index is 11.2. The highest BCUT2D eigenvalue weighted by molar-refractivity contribution is 7.99. The number of hydrogen-bond donors (Lipinski definition) is 1. The first-order valence-electron chi connectivity index (χ1n) is 6.38. The third-order valence-corrected chi connectivity index (χ3v) is 4.29. The largest absolute Gasteiger partial charge is 0.389 e. The van der Waals surface area contributed by atoms with Crippen LogP contribution in [0.2, 0.25) is 0 Å². The summed E-state index contributed by atoms with van der Waals surface area (Å²) in [5.41, 5.74) is 1.34. The summed E-state index contributed by atoms with van der Waals surface area (Å²) in [6.07, 6.45) is 0.354. The molecule has 104 valence electrons. The van der Waals surface area contributed by atoms with Crippen LogP contribution in [0.1, 0.15) is 25.0 Å². The average Bonchev–Trinajstić information content (AvgIpc) is 2.66. The molecule has 0 radical (unpaired) electrons. The topological polar surface area (TPSA) is 66.6 Å². The molecule has 0 aliphatic carbocycles. The molecular weight excluding hydrogens is 264 g/mol. The van der Waals surface area contributed by atoms with E-state index in [1.54, 1.807) is 19.1 Å². The summed E-state index contributed by atoms with van der Waals surface area (Å²) in [5.74, 6) is 2.10. The highest BCUT2D eigenvalue weighted by atomic mass is 32.2. The quantitative estimate of drug-likeness (QED) is 0.682. The molecule has 0 spiro atoms. The first-order valence-corrected chi connectivity index (χ1v) is 7.54. The highest BCUT2D eigenvalue weighted by Crippen LogP contribution is 2.32. The van der Waals surface area contributed by atoms with Crippen molar-refractivity contribution in [2.24, 2.45) is 0 Å². The Balaban J connectivity index is 2.35. The first kappa shape index (κ1) is 14.1. The van der Waals surface area contributed by atoms with Gasteiger partial charge in [0.2, 0.25) is 0 Å². The van der Waals surface area contributed by atoms with Crippen LogP contribution >= 0.6 is 11.8 Å². The van der Waals surface area contributed by atoms with E-state index in [4.69, 9.17) is 0 Å². The van der Waals surface area contributed by atoms with Crippen LogP contribution in [-0.4, -0.2) is 34.6 Å². The van der Waals surface area contributed by atoms with Gasteiger partial charge in [-0.25, -0.2) is 0 Å². The van der Waals surface area contributed by atoms with Crippen molar-refractivity contribution < 1.29 is 10.0 Å². The predicted molar refractivity (Wildman–Crippen MR) is 77.9 cm³/mol. The van der Waals surface area contributed by atoms with Gasteiger partial charge >= 0.3 is 0 Å². The molecule has 5 nitrogen and oxygen atoms in total. The molecule has 0 amide bonds. The number of thioether (sulfide) groups is 1. The average molecular weight is 282 g/mol. The third-order valence-electron chi connectivity index (χ3n) is 3.24. The molecule has 1 heterocycles. The number of nitro groups is 1. The molecule has 1 unspecified atom stereocenters. The Hall–Kier alpha value is -1.27. The van der Waals surface area contributed by atoms with E-state index in [9.17, 15) is 15.2 Å². The van der Waals surface area contributed by atoms with Crippen LogP contribution < -0.4 is 4.90 Å². The summed E-state index contributed by atoms with van der Waals surface area (Å²) < 4.78 is 0. The van der Waals surface area contributed by atoms with Gasteiger partial charge in [-0.2, -0.15) is 11.8 Å². The van der Waals surface area contributed by atoms with Crippen LogP contribution in [-0.2, 0) is 0 Å². The summed E-state index contributed by atoms with van der Waals surface area (Å²) in [7, 11) is 0. The molecule has 1 aromatic rings. The van der Waals surface area contributed by atoms with Crippen LogP contribution in [0.15, 0.2) is 18.2 Å². The summed E-state index contributed by atoms with van der Waals surface area (Å²) in [6.45, 7) is 3.29. The second-order valence-electron chi connectivity index (χ2n) is 4.63. The van der Waals surface area contributed by atoms with Crippen molar-refractivity contribution in [3.05, 3.63) is 33.9 Å². The minimum atomic E-state index is -0.688. The third kappa shape index (κ3) is 3.39. The fraction of sp³-hybridized carbons (Fsp3) is 0.538. The van der Waals surface area contributed by atoms with Gasteiger partial charge in [-0.05, 0) is 30.7 Å². The molecule has 1 aliphatic heterocycles. The maximum Gasteiger partial charge on any atom is 0.292 e. The van der Waals surface area contributed by atoms with Gasteiger partial charge in [0, 0.05) is 24.9 Å². The molecule has 0 bridgehead atoms. The van der Waals surface area contributed by atoms with Crippen molar-refractivity contribution in [2.75, 3.05) is 29.5 Å². The Bertz CT molecular complexity index is 457. The Kier molecular flexibility index (Phi) is 4.66. The van der Waals surface area contributed by atoms with Gasteiger partial charge in [0.25, 0.3) is 5.69 Å². The van der Waals surface area contributed by atoms with Gasteiger partial charge in [-0.15, -0.1) is 0 Å². The van der Waals surface area contributed by atoms with E-state index in [1.807, 2.05) is 11.8 Å². The number of rotatable bonds is 3. The van der Waals surface area contributed by atoms with Crippen molar-refractivity contribution in [1.29, 1.82) is 0 Å². The molecule has 1 atom stereocenters. The lowest BCUT2D eigenvalue weighted by Crippen LogP contribution is -2.26. The summed E-state index contributed by atoms with van der Waals surface area (Å²) >= 11 is 1.88. The fourth-order valence-corrected chi connectivity index (χ4v) is 3.09. The van der Waals surface area contributed by atoms with E-state index in [1.165, 1.54) is 6.07 Å². The minimum Gasteiger partial charge on any atom is -0.389 e. The smallest absolute Gasteiger partial charge is 0.292 e. The molecule has 1 saturated heterocycles. The molecule has 2 rings (SSSR count). The summed E-state index contributed by atoms with van der Waals surface area (Å²) in [4.78, 5) is 12.9. The van der Waals surface area contributed by atoms with Crippen molar-refractivity contribution in [3.8, 4) is 0 Å². The van der Waals surface area contributed by atoms with Crippen LogP contribution in [0.4, 0.5) is 11.4 Å². The number of nitro benzene ring substituents is 1. The van der Waals surface area contributed by atoms with Crippen molar-refractivity contribution in [3.63, 3.8) is 0 Å². The molecular formula is C13H18N2O3S. The molecule has 1 aliphatic rings. The number of nitrogens with zero attached hydrogens (tertiary/aromatic N) is 2. The molecule has 0 saturated carbocycles. The lowest BCUT2D eigenvalue weighted by molar-refractivity contribution is -0.384. The molecule has 6 heteroatoms. The van der Waals surface area contributed by atoms with Crippen LogP contribution in [0, 0.1) is 10.1 Å². The van der Waals surface area contributed by atoms with Crippen LogP contribution in [0.5, 0.6) is 0 Å². The van der Waals surface area contributed by atoms with Crippen LogP contribution in [0.3, 0.4) is 0 Å². The van der Waals surface area contributed by atoms with Gasteiger partial charge in [-0.3, -0.25) is 10.1 Å². The van der Waals surface area contributed by atoms with Gasteiger partial charge < -0.3 is 10.0 Å². The second kappa shape index (κ2) is 6.25. The second-order valence-corrected chi connectivity index (χ2v) is 5.86. The molecule has 0 aromatic heterocycles. The van der Waals surface area contributed by atoms with Crippen molar-refractivity contribution in [2.45, 2.75) is 19.4 Å². The van der Waals surface area contributed by atoms with Gasteiger partial charge in [0.15, 0.2) is 0 Å². The Morgan fingerprint density at radius 3 is 2.89 bits per heavy atom. The molecule has 1 aromatic carbocycles. The number of hydrogen-bond acceptors (Lipinski definition) is 5. The van der Waals surface area contributed by atoms with Gasteiger partial charge in [-0.1, -0.05) is 6.07 Å². The maximum absolute atomic E-state index is 11.2. The monoisotopic (exact) mass is 282 g/mol. The minimum absolute atomic E-state index is 0.0882.